The van der Waals surface area contributed by atoms with Gasteiger partial charge in [-0.3, -0.25) is 11.3 Å². The van der Waals surface area contributed by atoms with Crippen molar-refractivity contribution in [2.24, 2.45) is 5.84 Å². The fraction of sp³-hybridized carbons (Fsp3) is 0.250. The minimum Gasteiger partial charge on any atom is -0.494 e. The van der Waals surface area contributed by atoms with Gasteiger partial charge in [0.05, 0.1) is 6.61 Å². The molecule has 3 N–H and O–H groups in total. The number of para-hydroxylation sites is 1. The smallest absolute Gasteiger partial charge is 0.129 e. The van der Waals surface area contributed by atoms with Gasteiger partial charge >= 0.3 is 0 Å². The molecule has 3 nitrogen and oxygen atoms in total. The number of benzene rings is 2. The maximum Gasteiger partial charge on any atom is 0.129 e. The molecule has 0 aliphatic heterocycles. The number of nitrogens with one attached hydrogen (secondary N) is 1. The fourth-order valence-corrected chi connectivity index (χ4v) is 2.03. The van der Waals surface area contributed by atoms with Crippen molar-refractivity contribution in [3.8, 4) is 5.75 Å². The molecule has 0 aliphatic carbocycles. The van der Waals surface area contributed by atoms with Crippen molar-refractivity contribution in [1.29, 1.82) is 0 Å². The standard InChI is InChI=1S/C16H18F2N2O/c17-13-7-6-12(16(18)11-13)10-14(20-19)8-9-21-15-4-2-1-3-5-15/h1-7,11,14,20H,8-10,19H2. The van der Waals surface area contributed by atoms with Crippen LogP contribution in [0.3, 0.4) is 0 Å². The third-order valence-corrected chi connectivity index (χ3v) is 3.20. The molecule has 2 aromatic carbocycles. The molecule has 0 radical (unpaired) electrons. The van der Waals surface area contributed by atoms with Crippen LogP contribution in [0.2, 0.25) is 0 Å². The molecule has 0 heterocycles. The van der Waals surface area contributed by atoms with Crippen LogP contribution in [0.15, 0.2) is 48.5 Å². The van der Waals surface area contributed by atoms with E-state index in [1.807, 2.05) is 30.3 Å². The molecule has 21 heavy (non-hydrogen) atoms. The van der Waals surface area contributed by atoms with Gasteiger partial charge in [-0.25, -0.2) is 8.78 Å². The highest BCUT2D eigenvalue weighted by molar-refractivity contribution is 5.21. The Bertz CT molecular complexity index is 563. The number of hydrazine groups is 1. The lowest BCUT2D eigenvalue weighted by atomic mass is 10.0. The summed E-state index contributed by atoms with van der Waals surface area (Å²) in [5.74, 6) is 5.12. The van der Waals surface area contributed by atoms with Crippen LogP contribution in [0.1, 0.15) is 12.0 Å². The second-order valence-electron chi connectivity index (χ2n) is 4.75. The van der Waals surface area contributed by atoms with Crippen LogP contribution in [0.25, 0.3) is 0 Å². The van der Waals surface area contributed by atoms with Crippen LogP contribution in [-0.2, 0) is 6.42 Å². The van der Waals surface area contributed by atoms with E-state index in [2.05, 4.69) is 5.43 Å². The lowest BCUT2D eigenvalue weighted by molar-refractivity contribution is 0.284. The zero-order valence-electron chi connectivity index (χ0n) is 11.6. The van der Waals surface area contributed by atoms with Gasteiger partial charge in [0, 0.05) is 12.1 Å². The van der Waals surface area contributed by atoms with Crippen molar-refractivity contribution in [2.45, 2.75) is 18.9 Å². The first-order valence-electron chi connectivity index (χ1n) is 6.77. The predicted octanol–water partition coefficient (Wildman–Crippen LogP) is 2.81. The number of nitrogens with two attached hydrogens (primary N) is 1. The summed E-state index contributed by atoms with van der Waals surface area (Å²) in [7, 11) is 0. The molecule has 0 aromatic heterocycles. The van der Waals surface area contributed by atoms with E-state index >= 15 is 0 Å². The van der Waals surface area contributed by atoms with Crippen molar-refractivity contribution in [3.63, 3.8) is 0 Å². The Hall–Kier alpha value is -1.98. The van der Waals surface area contributed by atoms with Crippen LogP contribution >= 0.6 is 0 Å². The van der Waals surface area contributed by atoms with Crippen molar-refractivity contribution < 1.29 is 13.5 Å². The average molecular weight is 292 g/mol. The van der Waals surface area contributed by atoms with Gasteiger partial charge in [0.1, 0.15) is 17.4 Å². The predicted molar refractivity (Wildman–Crippen MR) is 77.7 cm³/mol. The van der Waals surface area contributed by atoms with Gasteiger partial charge in [-0.05, 0) is 36.6 Å². The molecule has 0 bridgehead atoms. The van der Waals surface area contributed by atoms with E-state index in [0.717, 1.165) is 11.8 Å². The highest BCUT2D eigenvalue weighted by atomic mass is 19.1. The van der Waals surface area contributed by atoms with Gasteiger partial charge in [0.25, 0.3) is 0 Å². The first-order chi connectivity index (χ1) is 10.2. The van der Waals surface area contributed by atoms with Crippen LogP contribution in [0.4, 0.5) is 8.78 Å². The summed E-state index contributed by atoms with van der Waals surface area (Å²) in [6.45, 7) is 0.460. The first kappa shape index (κ1) is 15.4. The van der Waals surface area contributed by atoms with Crippen molar-refractivity contribution in [2.75, 3.05) is 6.61 Å². The van der Waals surface area contributed by atoms with Crippen LogP contribution < -0.4 is 16.0 Å². The van der Waals surface area contributed by atoms with E-state index in [9.17, 15) is 8.78 Å². The van der Waals surface area contributed by atoms with Gasteiger partial charge in [-0.1, -0.05) is 24.3 Å². The first-order valence-corrected chi connectivity index (χ1v) is 6.77. The molecule has 0 spiro atoms. The Morgan fingerprint density at radius 1 is 1.10 bits per heavy atom. The normalized spacial score (nSPS) is 12.1. The molecule has 0 saturated carbocycles. The second-order valence-corrected chi connectivity index (χ2v) is 4.75. The summed E-state index contributed by atoms with van der Waals surface area (Å²) in [5.41, 5.74) is 3.07. The molecule has 1 atom stereocenters. The molecule has 2 rings (SSSR count). The SMILES string of the molecule is NNC(CCOc1ccccc1)Cc1ccc(F)cc1F. The number of rotatable bonds is 7. The molecule has 1 unspecified atom stereocenters. The second kappa shape index (κ2) is 7.71. The fourth-order valence-electron chi connectivity index (χ4n) is 2.03. The minimum atomic E-state index is -0.582. The van der Waals surface area contributed by atoms with Gasteiger partial charge < -0.3 is 4.74 Å². The zero-order valence-corrected chi connectivity index (χ0v) is 11.6. The highest BCUT2D eigenvalue weighted by Gasteiger charge is 2.12. The van der Waals surface area contributed by atoms with Crippen LogP contribution in [0.5, 0.6) is 5.75 Å². The van der Waals surface area contributed by atoms with E-state index in [0.29, 0.717) is 25.0 Å². The Morgan fingerprint density at radius 2 is 1.86 bits per heavy atom. The van der Waals surface area contributed by atoms with E-state index in [-0.39, 0.29) is 6.04 Å². The number of ether oxygens (including phenoxy) is 1. The van der Waals surface area contributed by atoms with Crippen LogP contribution in [0, 0.1) is 11.6 Å². The van der Waals surface area contributed by atoms with Crippen LogP contribution in [-0.4, -0.2) is 12.6 Å². The molecule has 0 fully saturated rings. The largest absolute Gasteiger partial charge is 0.494 e. The highest BCUT2D eigenvalue weighted by Crippen LogP contribution is 2.14. The van der Waals surface area contributed by atoms with Gasteiger partial charge in [0.2, 0.25) is 0 Å². The summed E-state index contributed by atoms with van der Waals surface area (Å²) in [5, 5.41) is 0. The molecular formula is C16H18F2N2O. The number of hydrogen-bond donors (Lipinski definition) is 2. The van der Waals surface area contributed by atoms with E-state index in [1.165, 1.54) is 12.1 Å². The number of halogens is 2. The maximum absolute atomic E-state index is 13.6. The molecule has 0 saturated heterocycles. The summed E-state index contributed by atoms with van der Waals surface area (Å²) in [6.07, 6.45) is 0.989. The van der Waals surface area contributed by atoms with Gasteiger partial charge in [-0.2, -0.15) is 0 Å². The van der Waals surface area contributed by atoms with E-state index in [1.54, 1.807) is 0 Å². The van der Waals surface area contributed by atoms with Gasteiger partial charge in [-0.15, -0.1) is 0 Å². The van der Waals surface area contributed by atoms with Crippen molar-refractivity contribution in [1.82, 2.24) is 5.43 Å². The topological polar surface area (TPSA) is 47.3 Å². The van der Waals surface area contributed by atoms with E-state index < -0.39 is 11.6 Å². The van der Waals surface area contributed by atoms with Crippen molar-refractivity contribution >= 4 is 0 Å². The summed E-state index contributed by atoms with van der Waals surface area (Å²) >= 11 is 0. The summed E-state index contributed by atoms with van der Waals surface area (Å²) < 4.78 is 32.0. The van der Waals surface area contributed by atoms with E-state index in [4.69, 9.17) is 10.6 Å². The zero-order chi connectivity index (χ0) is 15.1. The summed E-state index contributed by atoms with van der Waals surface area (Å²) in [6, 6.07) is 12.8. The monoisotopic (exact) mass is 292 g/mol. The average Bonchev–Trinajstić information content (AvgIpc) is 2.49. The number of hydrogen-bond acceptors (Lipinski definition) is 3. The lowest BCUT2D eigenvalue weighted by Crippen LogP contribution is -2.38. The molecule has 112 valence electrons. The lowest BCUT2D eigenvalue weighted by Gasteiger charge is -2.16. The molecule has 0 amide bonds. The minimum absolute atomic E-state index is 0.145. The Balaban J connectivity index is 1.85. The van der Waals surface area contributed by atoms with Gasteiger partial charge in [0.15, 0.2) is 0 Å². The Morgan fingerprint density at radius 3 is 2.52 bits per heavy atom. The Labute approximate surface area is 122 Å². The quantitative estimate of drug-likeness (QED) is 0.609. The molecule has 5 heteroatoms. The Kier molecular flexibility index (Phi) is 5.66. The molecule has 0 aliphatic rings. The molecular weight excluding hydrogens is 274 g/mol. The molecule has 2 aromatic rings. The third kappa shape index (κ3) is 4.81. The summed E-state index contributed by atoms with van der Waals surface area (Å²) in [4.78, 5) is 0. The third-order valence-electron chi connectivity index (χ3n) is 3.20. The maximum atomic E-state index is 13.6. The van der Waals surface area contributed by atoms with Crippen molar-refractivity contribution in [3.05, 3.63) is 65.7 Å².